The van der Waals surface area contributed by atoms with Crippen LogP contribution in [0.3, 0.4) is 0 Å². The zero-order chi connectivity index (χ0) is 13.2. The summed E-state index contributed by atoms with van der Waals surface area (Å²) in [4.78, 5) is 9.85. The van der Waals surface area contributed by atoms with E-state index in [2.05, 4.69) is 4.40 Å². The van der Waals surface area contributed by atoms with Gasteiger partial charge < -0.3 is 0 Å². The normalized spacial score (nSPS) is 15.7. The molecule has 0 radical (unpaired) electrons. The van der Waals surface area contributed by atoms with Crippen LogP contribution in [0.2, 0.25) is 0 Å². The average molecular weight is 268 g/mol. The molecule has 7 heteroatoms. The highest BCUT2D eigenvalue weighted by Gasteiger charge is 2.19. The van der Waals surface area contributed by atoms with Gasteiger partial charge in [-0.25, -0.2) is 0 Å². The smallest absolute Gasteiger partial charge is 0.258 e. The lowest BCUT2D eigenvalue weighted by molar-refractivity contribution is -0.385. The van der Waals surface area contributed by atoms with Crippen LogP contribution in [0.1, 0.15) is 25.7 Å². The first-order chi connectivity index (χ1) is 8.49. The van der Waals surface area contributed by atoms with Crippen molar-refractivity contribution in [3.63, 3.8) is 0 Å². The standard InChI is InChI=1S/C11H12N2O4S/c14-13(15)10-6-3-7-11(8-10)18(16,17)12-9-4-1-2-5-9/h3,6-8H,1-2,4-5H2. The van der Waals surface area contributed by atoms with Crippen molar-refractivity contribution in [3.8, 4) is 0 Å². The van der Waals surface area contributed by atoms with Gasteiger partial charge in [0.05, 0.1) is 9.82 Å². The maximum atomic E-state index is 12.0. The number of benzene rings is 1. The monoisotopic (exact) mass is 268 g/mol. The zero-order valence-electron chi connectivity index (χ0n) is 9.57. The zero-order valence-corrected chi connectivity index (χ0v) is 10.4. The van der Waals surface area contributed by atoms with E-state index in [1.54, 1.807) is 0 Å². The third-order valence-corrected chi connectivity index (χ3v) is 4.10. The minimum absolute atomic E-state index is 0.129. The van der Waals surface area contributed by atoms with E-state index >= 15 is 0 Å². The quantitative estimate of drug-likeness (QED) is 0.621. The van der Waals surface area contributed by atoms with Gasteiger partial charge in [0.1, 0.15) is 0 Å². The molecule has 1 aromatic carbocycles. The number of nitro groups is 1. The van der Waals surface area contributed by atoms with Crippen LogP contribution in [0.5, 0.6) is 0 Å². The Morgan fingerprint density at radius 1 is 1.22 bits per heavy atom. The van der Waals surface area contributed by atoms with Gasteiger partial charge in [-0.3, -0.25) is 10.1 Å². The first kappa shape index (κ1) is 12.7. The maximum absolute atomic E-state index is 12.0. The molecule has 0 aromatic heterocycles. The summed E-state index contributed by atoms with van der Waals surface area (Å²) in [7, 11) is -3.82. The Morgan fingerprint density at radius 3 is 2.50 bits per heavy atom. The van der Waals surface area contributed by atoms with Crippen LogP contribution in [0, 0.1) is 10.1 Å². The molecule has 2 rings (SSSR count). The van der Waals surface area contributed by atoms with Gasteiger partial charge in [0, 0.05) is 17.8 Å². The van der Waals surface area contributed by atoms with E-state index in [-0.39, 0.29) is 10.6 Å². The van der Waals surface area contributed by atoms with Crippen molar-refractivity contribution in [1.82, 2.24) is 0 Å². The minimum Gasteiger partial charge on any atom is -0.258 e. The minimum atomic E-state index is -3.82. The molecular formula is C11H12N2O4S. The van der Waals surface area contributed by atoms with Gasteiger partial charge in [-0.05, 0) is 31.7 Å². The Hall–Kier alpha value is -1.76. The van der Waals surface area contributed by atoms with E-state index in [0.717, 1.165) is 18.9 Å². The van der Waals surface area contributed by atoms with E-state index in [4.69, 9.17) is 0 Å². The number of rotatable bonds is 3. The summed E-state index contributed by atoms with van der Waals surface area (Å²) >= 11 is 0. The Bertz CT molecular complexity index is 599. The van der Waals surface area contributed by atoms with Crippen molar-refractivity contribution in [2.75, 3.05) is 0 Å². The Labute approximate surface area is 105 Å². The van der Waals surface area contributed by atoms with Gasteiger partial charge in [0.15, 0.2) is 0 Å². The fraction of sp³-hybridized carbons (Fsp3) is 0.364. The molecule has 0 bridgehead atoms. The summed E-state index contributed by atoms with van der Waals surface area (Å²) in [6.45, 7) is 0. The molecular weight excluding hydrogens is 256 g/mol. The predicted octanol–water partition coefficient (Wildman–Crippen LogP) is 2.30. The van der Waals surface area contributed by atoms with Crippen LogP contribution >= 0.6 is 0 Å². The molecule has 6 nitrogen and oxygen atoms in total. The fourth-order valence-electron chi connectivity index (χ4n) is 1.85. The van der Waals surface area contributed by atoms with Gasteiger partial charge in [-0.15, -0.1) is 0 Å². The van der Waals surface area contributed by atoms with E-state index in [1.807, 2.05) is 0 Å². The van der Waals surface area contributed by atoms with Gasteiger partial charge in [0.25, 0.3) is 15.7 Å². The first-order valence-electron chi connectivity index (χ1n) is 5.56. The third kappa shape index (κ3) is 2.73. The van der Waals surface area contributed by atoms with E-state index in [9.17, 15) is 18.5 Å². The second-order valence-electron chi connectivity index (χ2n) is 4.09. The van der Waals surface area contributed by atoms with Crippen LogP contribution in [0.25, 0.3) is 0 Å². The highest BCUT2D eigenvalue weighted by atomic mass is 32.2. The summed E-state index contributed by atoms with van der Waals surface area (Å²) in [6, 6.07) is 4.96. The van der Waals surface area contributed by atoms with Crippen LogP contribution in [0.4, 0.5) is 5.69 Å². The number of hydrogen-bond donors (Lipinski definition) is 0. The van der Waals surface area contributed by atoms with Crippen molar-refractivity contribution >= 4 is 21.4 Å². The highest BCUT2D eigenvalue weighted by Crippen LogP contribution is 2.22. The second kappa shape index (κ2) is 4.85. The Morgan fingerprint density at radius 2 is 1.89 bits per heavy atom. The van der Waals surface area contributed by atoms with Crippen LogP contribution < -0.4 is 0 Å². The third-order valence-electron chi connectivity index (χ3n) is 2.76. The lowest BCUT2D eigenvalue weighted by Crippen LogP contribution is -2.02. The van der Waals surface area contributed by atoms with Gasteiger partial charge in [0.2, 0.25) is 0 Å². The summed E-state index contributed by atoms with van der Waals surface area (Å²) in [5, 5.41) is 10.6. The van der Waals surface area contributed by atoms with Crippen molar-refractivity contribution < 1.29 is 13.3 Å². The molecule has 0 amide bonds. The van der Waals surface area contributed by atoms with E-state index in [0.29, 0.717) is 18.6 Å². The Kier molecular flexibility index (Phi) is 3.42. The molecule has 1 aliphatic carbocycles. The van der Waals surface area contributed by atoms with Crippen molar-refractivity contribution in [2.24, 2.45) is 4.40 Å². The van der Waals surface area contributed by atoms with Crippen LogP contribution in [-0.2, 0) is 10.0 Å². The summed E-state index contributed by atoms with van der Waals surface area (Å²) in [5.41, 5.74) is 0.407. The molecule has 18 heavy (non-hydrogen) atoms. The van der Waals surface area contributed by atoms with E-state index in [1.165, 1.54) is 18.2 Å². The molecule has 1 saturated carbocycles. The van der Waals surface area contributed by atoms with Crippen molar-refractivity contribution in [1.29, 1.82) is 0 Å². The van der Waals surface area contributed by atoms with Gasteiger partial charge in [-0.2, -0.15) is 12.8 Å². The van der Waals surface area contributed by atoms with Gasteiger partial charge >= 0.3 is 0 Å². The second-order valence-corrected chi connectivity index (χ2v) is 5.70. The topological polar surface area (TPSA) is 89.6 Å². The molecule has 0 saturated heterocycles. The highest BCUT2D eigenvalue weighted by molar-refractivity contribution is 7.90. The molecule has 1 fully saturated rings. The molecule has 1 aromatic rings. The number of nitrogens with zero attached hydrogens (tertiary/aromatic N) is 2. The maximum Gasteiger partial charge on any atom is 0.282 e. The molecule has 1 aliphatic rings. The Balaban J connectivity index is 2.38. The van der Waals surface area contributed by atoms with E-state index < -0.39 is 14.9 Å². The average Bonchev–Trinajstić information content (AvgIpc) is 2.81. The molecule has 0 heterocycles. The summed E-state index contributed by atoms with van der Waals surface area (Å²) in [5.74, 6) is 0. The lowest BCUT2D eigenvalue weighted by atomic mass is 10.3. The molecule has 0 aliphatic heterocycles. The summed E-state index contributed by atoms with van der Waals surface area (Å²) in [6.07, 6.45) is 3.27. The summed E-state index contributed by atoms with van der Waals surface area (Å²) < 4.78 is 27.7. The largest absolute Gasteiger partial charge is 0.282 e. The van der Waals surface area contributed by atoms with Crippen LogP contribution in [-0.4, -0.2) is 19.1 Å². The van der Waals surface area contributed by atoms with Crippen molar-refractivity contribution in [3.05, 3.63) is 34.4 Å². The number of sulfonamides is 1. The van der Waals surface area contributed by atoms with Crippen LogP contribution in [0.15, 0.2) is 33.6 Å². The molecule has 0 unspecified atom stereocenters. The predicted molar refractivity (Wildman–Crippen MR) is 66.2 cm³/mol. The number of hydrogen-bond acceptors (Lipinski definition) is 4. The molecule has 96 valence electrons. The first-order valence-corrected chi connectivity index (χ1v) is 7.00. The molecule has 0 spiro atoms. The molecule has 0 atom stereocenters. The number of nitro benzene ring substituents is 1. The SMILES string of the molecule is O=[N+]([O-])c1cccc(S(=O)(=O)N=C2CCCC2)c1. The number of non-ortho nitro benzene ring substituents is 1. The van der Waals surface area contributed by atoms with Gasteiger partial charge in [-0.1, -0.05) is 6.07 Å². The van der Waals surface area contributed by atoms with Crippen molar-refractivity contribution in [2.45, 2.75) is 30.6 Å². The molecule has 0 N–H and O–H groups in total. The lowest BCUT2D eigenvalue weighted by Gasteiger charge is -2.00. The fourth-order valence-corrected chi connectivity index (χ4v) is 3.00.